The Morgan fingerprint density at radius 1 is 1.24 bits per heavy atom. The van der Waals surface area contributed by atoms with Crippen LogP contribution in [0, 0.1) is 0 Å². The molecule has 2 aromatic rings. The summed E-state index contributed by atoms with van der Waals surface area (Å²) in [4.78, 5) is 4.07. The molecular formula is C16H19BrN2O2. The predicted molar refractivity (Wildman–Crippen MR) is 86.3 cm³/mol. The highest BCUT2D eigenvalue weighted by Crippen LogP contribution is 2.26. The highest BCUT2D eigenvalue weighted by molar-refractivity contribution is 9.10. The van der Waals surface area contributed by atoms with Crippen molar-refractivity contribution >= 4 is 15.9 Å². The lowest BCUT2D eigenvalue weighted by molar-refractivity contribution is 0.199. The largest absolute Gasteiger partial charge is 0.488 e. The van der Waals surface area contributed by atoms with E-state index in [1.54, 1.807) is 13.3 Å². The Bertz CT molecular complexity index is 549. The van der Waals surface area contributed by atoms with Crippen LogP contribution in [0.1, 0.15) is 11.1 Å². The third kappa shape index (κ3) is 5.46. The van der Waals surface area contributed by atoms with Crippen molar-refractivity contribution in [2.75, 3.05) is 20.3 Å². The van der Waals surface area contributed by atoms with E-state index >= 15 is 0 Å². The lowest BCUT2D eigenvalue weighted by Crippen LogP contribution is -2.18. The van der Waals surface area contributed by atoms with Crippen LogP contribution < -0.4 is 10.1 Å². The molecule has 112 valence electrons. The Balaban J connectivity index is 1.87. The Morgan fingerprint density at radius 3 is 2.86 bits per heavy atom. The van der Waals surface area contributed by atoms with E-state index in [2.05, 4.69) is 38.4 Å². The topological polar surface area (TPSA) is 43.4 Å². The molecule has 2 rings (SSSR count). The van der Waals surface area contributed by atoms with Gasteiger partial charge >= 0.3 is 0 Å². The fraction of sp³-hybridized carbons (Fsp3) is 0.312. The van der Waals surface area contributed by atoms with Crippen molar-refractivity contribution in [2.24, 2.45) is 0 Å². The first-order valence-corrected chi connectivity index (χ1v) is 7.58. The molecule has 0 atom stereocenters. The van der Waals surface area contributed by atoms with Gasteiger partial charge in [0.25, 0.3) is 0 Å². The minimum absolute atomic E-state index is 0.512. The lowest BCUT2D eigenvalue weighted by atomic mass is 10.2. The normalized spacial score (nSPS) is 10.6. The molecule has 4 nitrogen and oxygen atoms in total. The van der Waals surface area contributed by atoms with Crippen LogP contribution >= 0.6 is 15.9 Å². The molecule has 0 fully saturated rings. The third-order valence-electron chi connectivity index (χ3n) is 2.93. The summed E-state index contributed by atoms with van der Waals surface area (Å²) in [6.45, 7) is 2.88. The van der Waals surface area contributed by atoms with Gasteiger partial charge in [-0.1, -0.05) is 12.1 Å². The molecule has 0 unspecified atom stereocenters. The maximum Gasteiger partial charge on any atom is 0.134 e. The van der Waals surface area contributed by atoms with Crippen molar-refractivity contribution in [1.82, 2.24) is 10.3 Å². The zero-order valence-corrected chi connectivity index (χ0v) is 13.6. The number of hydrogen-bond acceptors (Lipinski definition) is 4. The fourth-order valence-corrected chi connectivity index (χ4v) is 2.36. The number of pyridine rings is 1. The lowest BCUT2D eigenvalue weighted by Gasteiger charge is -2.10. The van der Waals surface area contributed by atoms with Crippen LogP contribution in [-0.4, -0.2) is 25.2 Å². The molecule has 0 amide bonds. The standard InChI is InChI=1S/C16H19BrN2O2/c1-20-8-7-19-10-13-4-5-16(15(17)9-13)21-12-14-3-2-6-18-11-14/h2-6,9,11,19H,7-8,10,12H2,1H3. The number of rotatable bonds is 8. The van der Waals surface area contributed by atoms with Gasteiger partial charge in [0, 0.05) is 38.2 Å². The number of hydrogen-bond donors (Lipinski definition) is 1. The van der Waals surface area contributed by atoms with Gasteiger partial charge in [0.1, 0.15) is 12.4 Å². The van der Waals surface area contributed by atoms with Gasteiger partial charge < -0.3 is 14.8 Å². The van der Waals surface area contributed by atoms with Gasteiger partial charge in [-0.05, 0) is 39.7 Å². The second-order valence-electron chi connectivity index (χ2n) is 4.58. The summed E-state index contributed by atoms with van der Waals surface area (Å²) in [7, 11) is 1.70. The molecule has 0 aliphatic heterocycles. The Labute approximate surface area is 133 Å². The molecule has 1 heterocycles. The molecule has 5 heteroatoms. The van der Waals surface area contributed by atoms with Crippen molar-refractivity contribution in [3.63, 3.8) is 0 Å². The van der Waals surface area contributed by atoms with Gasteiger partial charge in [0.15, 0.2) is 0 Å². The molecule has 0 aliphatic rings. The van der Waals surface area contributed by atoms with Gasteiger partial charge in [0.2, 0.25) is 0 Å². The zero-order valence-electron chi connectivity index (χ0n) is 12.0. The highest BCUT2D eigenvalue weighted by atomic mass is 79.9. The Kier molecular flexibility index (Phi) is 6.66. The number of nitrogens with one attached hydrogen (secondary N) is 1. The van der Waals surface area contributed by atoms with Gasteiger partial charge in [-0.3, -0.25) is 4.98 Å². The summed E-state index contributed by atoms with van der Waals surface area (Å²) >= 11 is 3.55. The van der Waals surface area contributed by atoms with Gasteiger partial charge in [-0.2, -0.15) is 0 Å². The quantitative estimate of drug-likeness (QED) is 0.742. The Morgan fingerprint density at radius 2 is 2.14 bits per heavy atom. The average Bonchev–Trinajstić information content (AvgIpc) is 2.52. The number of aromatic nitrogens is 1. The molecule has 21 heavy (non-hydrogen) atoms. The highest BCUT2D eigenvalue weighted by Gasteiger charge is 2.03. The second-order valence-corrected chi connectivity index (χ2v) is 5.44. The summed E-state index contributed by atoms with van der Waals surface area (Å²) in [6.07, 6.45) is 3.56. The molecule has 0 spiro atoms. The van der Waals surface area contributed by atoms with Gasteiger partial charge in [-0.15, -0.1) is 0 Å². The number of halogens is 1. The molecule has 0 radical (unpaired) electrons. The summed E-state index contributed by atoms with van der Waals surface area (Å²) in [5.41, 5.74) is 2.25. The molecule has 1 aromatic carbocycles. The van der Waals surface area contributed by atoms with Gasteiger partial charge in [-0.25, -0.2) is 0 Å². The minimum Gasteiger partial charge on any atom is -0.488 e. The van der Waals surface area contributed by atoms with E-state index in [0.29, 0.717) is 13.2 Å². The Hall–Kier alpha value is -1.43. The van der Waals surface area contributed by atoms with Crippen LogP contribution in [0.4, 0.5) is 0 Å². The predicted octanol–water partition coefficient (Wildman–Crippen LogP) is 3.16. The summed E-state index contributed by atoms with van der Waals surface area (Å²) in [5.74, 6) is 0.833. The van der Waals surface area contributed by atoms with Crippen molar-refractivity contribution in [3.05, 3.63) is 58.3 Å². The maximum absolute atomic E-state index is 5.79. The van der Waals surface area contributed by atoms with Crippen LogP contribution in [0.3, 0.4) is 0 Å². The van der Waals surface area contributed by atoms with E-state index in [4.69, 9.17) is 9.47 Å². The first-order valence-electron chi connectivity index (χ1n) is 6.79. The van der Waals surface area contributed by atoms with Crippen molar-refractivity contribution in [2.45, 2.75) is 13.2 Å². The van der Waals surface area contributed by atoms with Crippen LogP contribution in [0.5, 0.6) is 5.75 Å². The van der Waals surface area contributed by atoms with Crippen molar-refractivity contribution < 1.29 is 9.47 Å². The molecule has 0 saturated carbocycles. The molecular weight excluding hydrogens is 332 g/mol. The third-order valence-corrected chi connectivity index (χ3v) is 3.55. The smallest absolute Gasteiger partial charge is 0.134 e. The summed E-state index contributed by atoms with van der Waals surface area (Å²) < 4.78 is 11.7. The van der Waals surface area contributed by atoms with E-state index in [0.717, 1.165) is 28.9 Å². The van der Waals surface area contributed by atoms with E-state index in [-0.39, 0.29) is 0 Å². The van der Waals surface area contributed by atoms with Crippen molar-refractivity contribution in [1.29, 1.82) is 0 Å². The fourth-order valence-electron chi connectivity index (χ4n) is 1.82. The molecule has 0 aliphatic carbocycles. The molecule has 0 saturated heterocycles. The summed E-state index contributed by atoms with van der Waals surface area (Å²) in [5, 5.41) is 3.31. The monoisotopic (exact) mass is 350 g/mol. The SMILES string of the molecule is COCCNCc1ccc(OCc2cccnc2)c(Br)c1. The van der Waals surface area contributed by atoms with E-state index < -0.39 is 0 Å². The number of benzene rings is 1. The number of ether oxygens (including phenoxy) is 2. The summed E-state index contributed by atoms with van der Waals surface area (Å²) in [6, 6.07) is 10.0. The first-order chi connectivity index (χ1) is 10.3. The van der Waals surface area contributed by atoms with Crippen LogP contribution in [-0.2, 0) is 17.9 Å². The van der Waals surface area contributed by atoms with Crippen LogP contribution in [0.15, 0.2) is 47.2 Å². The second kappa shape index (κ2) is 8.77. The van der Waals surface area contributed by atoms with E-state index in [1.807, 2.05) is 24.4 Å². The number of nitrogens with zero attached hydrogens (tertiary/aromatic N) is 1. The van der Waals surface area contributed by atoms with Gasteiger partial charge in [0.05, 0.1) is 11.1 Å². The van der Waals surface area contributed by atoms with E-state index in [1.165, 1.54) is 5.56 Å². The first kappa shape index (κ1) is 15.9. The molecule has 0 bridgehead atoms. The zero-order chi connectivity index (χ0) is 14.9. The van der Waals surface area contributed by atoms with Crippen molar-refractivity contribution in [3.8, 4) is 5.75 Å². The van der Waals surface area contributed by atoms with Crippen LogP contribution in [0.2, 0.25) is 0 Å². The minimum atomic E-state index is 0.512. The number of methoxy groups -OCH3 is 1. The molecule has 1 aromatic heterocycles. The van der Waals surface area contributed by atoms with E-state index in [9.17, 15) is 0 Å². The average molecular weight is 351 g/mol. The molecule has 1 N–H and O–H groups in total. The maximum atomic E-state index is 5.79. The van der Waals surface area contributed by atoms with Crippen LogP contribution in [0.25, 0.3) is 0 Å².